The molecule has 0 aromatic rings. The van der Waals surface area contributed by atoms with E-state index in [9.17, 15) is 0 Å². The zero-order chi connectivity index (χ0) is 14.1. The van der Waals surface area contributed by atoms with Crippen LogP contribution in [0.1, 0.15) is 54.9 Å². The Hall–Kier alpha value is -0.790. The second-order valence-corrected chi connectivity index (χ2v) is 5.31. The summed E-state index contributed by atoms with van der Waals surface area (Å²) in [6, 6.07) is 0.432. The van der Waals surface area contributed by atoms with Crippen LogP contribution in [0.2, 0.25) is 0 Å². The van der Waals surface area contributed by atoms with E-state index in [-0.39, 0.29) is 0 Å². The number of allylic oxidation sites excluding steroid dienone is 1. The van der Waals surface area contributed by atoms with E-state index in [4.69, 9.17) is 0 Å². The maximum Gasteiger partial charge on any atom is 0.0854 e. The van der Waals surface area contributed by atoms with Crippen molar-refractivity contribution in [2.45, 2.75) is 60.9 Å². The number of nitrogens with zero attached hydrogens (tertiary/aromatic N) is 2. The molecule has 2 nitrogen and oxygen atoms in total. The van der Waals surface area contributed by atoms with Crippen molar-refractivity contribution in [1.29, 1.82) is 0 Å². The summed E-state index contributed by atoms with van der Waals surface area (Å²) in [6.45, 7) is 17.6. The van der Waals surface area contributed by atoms with E-state index in [0.717, 1.165) is 19.5 Å². The molecule has 0 saturated carbocycles. The molecule has 0 spiro atoms. The molecule has 0 rings (SSSR count). The van der Waals surface area contributed by atoms with E-state index in [1.807, 2.05) is 6.34 Å². The second kappa shape index (κ2) is 9.18. The van der Waals surface area contributed by atoms with Crippen LogP contribution >= 0.6 is 0 Å². The fraction of sp³-hybridized carbons (Fsp3) is 0.812. The molecule has 18 heavy (non-hydrogen) atoms. The van der Waals surface area contributed by atoms with E-state index in [1.165, 1.54) is 0 Å². The Bertz CT molecular complexity index is 266. The molecule has 0 fully saturated rings. The predicted octanol–water partition coefficient (Wildman–Crippen LogP) is 4.37. The molecule has 0 aliphatic rings. The first-order chi connectivity index (χ1) is 8.47. The van der Waals surface area contributed by atoms with E-state index in [1.54, 1.807) is 5.57 Å². The van der Waals surface area contributed by atoms with E-state index in [0.29, 0.717) is 17.9 Å². The van der Waals surface area contributed by atoms with Crippen molar-refractivity contribution in [3.8, 4) is 0 Å². The molecule has 2 atom stereocenters. The molecule has 0 N–H and O–H groups in total. The molecular weight excluding hydrogens is 220 g/mol. The Morgan fingerprint density at radius 1 is 1.11 bits per heavy atom. The lowest BCUT2D eigenvalue weighted by molar-refractivity contribution is 0.397. The van der Waals surface area contributed by atoms with E-state index < -0.39 is 0 Å². The van der Waals surface area contributed by atoms with Crippen LogP contribution in [0.4, 0.5) is 0 Å². The lowest BCUT2D eigenvalue weighted by atomic mass is 9.87. The third-order valence-electron chi connectivity index (χ3n) is 3.75. The molecule has 0 bridgehead atoms. The fourth-order valence-corrected chi connectivity index (χ4v) is 2.09. The van der Waals surface area contributed by atoms with Crippen LogP contribution in [-0.2, 0) is 0 Å². The van der Waals surface area contributed by atoms with Crippen LogP contribution in [0, 0.1) is 11.8 Å². The number of rotatable bonds is 8. The van der Waals surface area contributed by atoms with Gasteiger partial charge >= 0.3 is 0 Å². The summed E-state index contributed by atoms with van der Waals surface area (Å²) >= 11 is 0. The lowest BCUT2D eigenvalue weighted by Gasteiger charge is -2.26. The van der Waals surface area contributed by atoms with E-state index in [2.05, 4.69) is 64.4 Å². The predicted molar refractivity (Wildman–Crippen MR) is 83.3 cm³/mol. The van der Waals surface area contributed by atoms with Gasteiger partial charge in [-0.3, -0.25) is 4.99 Å². The Morgan fingerprint density at radius 3 is 2.11 bits per heavy atom. The van der Waals surface area contributed by atoms with Gasteiger partial charge in [-0.2, -0.15) is 0 Å². The van der Waals surface area contributed by atoms with Crippen LogP contribution < -0.4 is 0 Å². The molecule has 106 valence electrons. The van der Waals surface area contributed by atoms with Gasteiger partial charge in [-0.05, 0) is 39.0 Å². The summed E-state index contributed by atoms with van der Waals surface area (Å²) in [5.74, 6) is 1.38. The third kappa shape index (κ3) is 5.70. The topological polar surface area (TPSA) is 15.6 Å². The van der Waals surface area contributed by atoms with Crippen LogP contribution in [0.15, 0.2) is 16.6 Å². The Morgan fingerprint density at radius 2 is 1.72 bits per heavy atom. The van der Waals surface area contributed by atoms with Gasteiger partial charge in [0.2, 0.25) is 0 Å². The number of hydrogen-bond donors (Lipinski definition) is 0. The molecule has 0 heterocycles. The average Bonchev–Trinajstić information content (AvgIpc) is 2.35. The van der Waals surface area contributed by atoms with Crippen molar-refractivity contribution in [2.75, 3.05) is 13.1 Å². The van der Waals surface area contributed by atoms with Crippen molar-refractivity contribution in [2.24, 2.45) is 16.8 Å². The van der Waals surface area contributed by atoms with Gasteiger partial charge in [0.15, 0.2) is 0 Å². The van der Waals surface area contributed by atoms with Crippen LogP contribution in [0.25, 0.3) is 0 Å². The molecule has 0 amide bonds. The smallest absolute Gasteiger partial charge is 0.0854 e. The molecule has 0 aliphatic heterocycles. The molecule has 2 heteroatoms. The van der Waals surface area contributed by atoms with Gasteiger partial charge in [-0.15, -0.1) is 0 Å². The van der Waals surface area contributed by atoms with Gasteiger partial charge in [-0.1, -0.05) is 39.3 Å². The van der Waals surface area contributed by atoms with Crippen molar-refractivity contribution in [3.63, 3.8) is 0 Å². The number of aliphatic imine (C=N–C) groups is 1. The highest BCUT2D eigenvalue weighted by Crippen LogP contribution is 2.23. The van der Waals surface area contributed by atoms with Crippen molar-refractivity contribution < 1.29 is 0 Å². The zero-order valence-corrected chi connectivity index (χ0v) is 13.4. The van der Waals surface area contributed by atoms with Crippen molar-refractivity contribution in [3.05, 3.63) is 11.6 Å². The van der Waals surface area contributed by atoms with Gasteiger partial charge in [-0.25, -0.2) is 0 Å². The standard InChI is InChI=1S/C16H32N2/c1-8-16(15(7)13(4)5)11-14(6)18(10-3)12-17-9-2/h11-15H,8-10H2,1-7H3. The zero-order valence-electron chi connectivity index (χ0n) is 13.4. The average molecular weight is 252 g/mol. The fourth-order valence-electron chi connectivity index (χ4n) is 2.09. The van der Waals surface area contributed by atoms with Crippen LogP contribution in [0.5, 0.6) is 0 Å². The minimum absolute atomic E-state index is 0.432. The van der Waals surface area contributed by atoms with Gasteiger partial charge in [0.05, 0.1) is 6.34 Å². The first-order valence-corrected chi connectivity index (χ1v) is 7.44. The summed E-state index contributed by atoms with van der Waals surface area (Å²) in [5, 5.41) is 0. The molecule has 0 radical (unpaired) electrons. The molecule has 0 aliphatic carbocycles. The molecule has 0 saturated heterocycles. The third-order valence-corrected chi connectivity index (χ3v) is 3.75. The second-order valence-electron chi connectivity index (χ2n) is 5.31. The maximum atomic E-state index is 4.35. The quantitative estimate of drug-likeness (QED) is 0.356. The molecule has 0 aromatic carbocycles. The summed E-state index contributed by atoms with van der Waals surface area (Å²) in [5.41, 5.74) is 1.57. The molecule has 2 unspecified atom stereocenters. The summed E-state index contributed by atoms with van der Waals surface area (Å²) in [4.78, 5) is 6.65. The van der Waals surface area contributed by atoms with Gasteiger partial charge < -0.3 is 4.90 Å². The number of hydrogen-bond acceptors (Lipinski definition) is 1. The summed E-state index contributed by atoms with van der Waals surface area (Å²) in [6.07, 6.45) is 5.57. The highest BCUT2D eigenvalue weighted by Gasteiger charge is 2.14. The Kier molecular flexibility index (Phi) is 8.78. The maximum absolute atomic E-state index is 4.35. The van der Waals surface area contributed by atoms with Gasteiger partial charge in [0.1, 0.15) is 0 Å². The minimum Gasteiger partial charge on any atom is -0.357 e. The monoisotopic (exact) mass is 252 g/mol. The Labute approximate surface area is 114 Å². The highest BCUT2D eigenvalue weighted by molar-refractivity contribution is 5.55. The van der Waals surface area contributed by atoms with Crippen molar-refractivity contribution in [1.82, 2.24) is 4.90 Å². The minimum atomic E-state index is 0.432. The normalized spacial score (nSPS) is 16.3. The Balaban J connectivity index is 4.82. The SMILES string of the molecule is CCN=CN(CC)C(C)C=C(CC)C(C)C(C)C. The lowest BCUT2D eigenvalue weighted by Crippen LogP contribution is -2.31. The van der Waals surface area contributed by atoms with Gasteiger partial charge in [0.25, 0.3) is 0 Å². The largest absolute Gasteiger partial charge is 0.357 e. The summed E-state index contributed by atoms with van der Waals surface area (Å²) < 4.78 is 0. The molecular formula is C16H32N2. The van der Waals surface area contributed by atoms with Gasteiger partial charge in [0, 0.05) is 19.1 Å². The molecule has 0 aromatic heterocycles. The van der Waals surface area contributed by atoms with Crippen molar-refractivity contribution >= 4 is 6.34 Å². The first-order valence-electron chi connectivity index (χ1n) is 7.44. The number of likely N-dealkylation sites (N-methyl/N-ethyl adjacent to an activating group) is 1. The first kappa shape index (κ1) is 17.2. The van der Waals surface area contributed by atoms with E-state index >= 15 is 0 Å². The summed E-state index contributed by atoms with van der Waals surface area (Å²) in [7, 11) is 0. The highest BCUT2D eigenvalue weighted by atomic mass is 15.2. The van der Waals surface area contributed by atoms with Crippen LogP contribution in [0.3, 0.4) is 0 Å². The van der Waals surface area contributed by atoms with Crippen LogP contribution in [-0.4, -0.2) is 30.4 Å².